The molecule has 0 saturated carbocycles. The lowest BCUT2D eigenvalue weighted by atomic mass is 10.2. The number of carbonyl (C=O) groups excluding carboxylic acids is 1. The lowest BCUT2D eigenvalue weighted by Crippen LogP contribution is -2.38. The molecular weight excluding hydrogens is 566 g/mol. The van der Waals surface area contributed by atoms with Crippen LogP contribution in [0.1, 0.15) is 19.3 Å². The van der Waals surface area contributed by atoms with Crippen LogP contribution in [0.2, 0.25) is 0 Å². The molecule has 0 aliphatic carbocycles. The van der Waals surface area contributed by atoms with Crippen LogP contribution >= 0.6 is 15.9 Å². The van der Waals surface area contributed by atoms with Gasteiger partial charge in [0.25, 0.3) is 10.0 Å². The van der Waals surface area contributed by atoms with Crippen LogP contribution in [-0.2, 0) is 24.8 Å². The van der Waals surface area contributed by atoms with Gasteiger partial charge in [-0.1, -0.05) is 46.6 Å². The second kappa shape index (κ2) is 11.1. The standard InChI is InChI=1S/C25H26BrN3O5S2/c26-20-8-7-9-22(18-20)29(36(33,34)23-10-3-1-4-11-23)19-25(30)27-21-12-14-24(15-13-21)35(31,32)28-16-5-2-6-17-28/h1,3-4,7-15,18H,2,5-6,16-17,19H2,(H,27,30). The number of amides is 1. The van der Waals surface area contributed by atoms with Gasteiger partial charge in [-0.3, -0.25) is 9.10 Å². The molecule has 1 aliphatic heterocycles. The van der Waals surface area contributed by atoms with Gasteiger partial charge < -0.3 is 5.32 Å². The lowest BCUT2D eigenvalue weighted by molar-refractivity contribution is -0.114. The number of nitrogens with one attached hydrogen (secondary N) is 1. The highest BCUT2D eigenvalue weighted by molar-refractivity contribution is 9.10. The molecule has 8 nitrogen and oxygen atoms in total. The molecule has 0 unspecified atom stereocenters. The number of benzene rings is 3. The maximum absolute atomic E-state index is 13.4. The van der Waals surface area contributed by atoms with Crippen molar-refractivity contribution in [3.63, 3.8) is 0 Å². The fourth-order valence-electron chi connectivity index (χ4n) is 3.96. The summed E-state index contributed by atoms with van der Waals surface area (Å²) < 4.78 is 55.7. The molecule has 3 aromatic rings. The first-order chi connectivity index (χ1) is 17.2. The van der Waals surface area contributed by atoms with Crippen molar-refractivity contribution in [2.75, 3.05) is 29.3 Å². The smallest absolute Gasteiger partial charge is 0.264 e. The van der Waals surface area contributed by atoms with Gasteiger partial charge in [-0.2, -0.15) is 4.31 Å². The molecule has 1 fully saturated rings. The minimum absolute atomic E-state index is 0.0602. The van der Waals surface area contributed by atoms with Gasteiger partial charge in [-0.15, -0.1) is 0 Å². The monoisotopic (exact) mass is 591 g/mol. The molecule has 1 heterocycles. The summed E-state index contributed by atoms with van der Waals surface area (Å²) in [5.74, 6) is -0.568. The lowest BCUT2D eigenvalue weighted by Gasteiger charge is -2.26. The average Bonchev–Trinajstić information content (AvgIpc) is 2.88. The number of hydrogen-bond donors (Lipinski definition) is 1. The summed E-state index contributed by atoms with van der Waals surface area (Å²) in [7, 11) is -7.62. The van der Waals surface area contributed by atoms with Gasteiger partial charge in [0.1, 0.15) is 6.54 Å². The predicted molar refractivity (Wildman–Crippen MR) is 143 cm³/mol. The Kier molecular flexibility index (Phi) is 8.13. The number of carbonyl (C=O) groups is 1. The molecule has 0 bridgehead atoms. The number of hydrogen-bond acceptors (Lipinski definition) is 5. The van der Waals surface area contributed by atoms with Crippen molar-refractivity contribution in [2.45, 2.75) is 29.1 Å². The van der Waals surface area contributed by atoms with Gasteiger partial charge in [0.2, 0.25) is 15.9 Å². The van der Waals surface area contributed by atoms with Crippen LogP contribution in [-0.4, -0.2) is 46.7 Å². The molecule has 1 aliphatic rings. The Labute approximate surface area is 220 Å². The van der Waals surface area contributed by atoms with E-state index in [4.69, 9.17) is 0 Å². The third-order valence-corrected chi connectivity index (χ3v) is 10.00. The zero-order valence-corrected chi connectivity index (χ0v) is 22.6. The van der Waals surface area contributed by atoms with Crippen LogP contribution in [0.25, 0.3) is 0 Å². The van der Waals surface area contributed by atoms with Gasteiger partial charge in [0, 0.05) is 23.2 Å². The molecule has 190 valence electrons. The first-order valence-corrected chi connectivity index (χ1v) is 15.1. The van der Waals surface area contributed by atoms with Crippen LogP contribution in [0.15, 0.2) is 93.1 Å². The fraction of sp³-hybridized carbons (Fsp3) is 0.240. The largest absolute Gasteiger partial charge is 0.325 e. The quantitative estimate of drug-likeness (QED) is 0.416. The van der Waals surface area contributed by atoms with Crippen molar-refractivity contribution in [1.29, 1.82) is 0 Å². The first-order valence-electron chi connectivity index (χ1n) is 11.4. The normalized spacial score (nSPS) is 14.8. The van der Waals surface area contributed by atoms with E-state index in [9.17, 15) is 21.6 Å². The van der Waals surface area contributed by atoms with E-state index in [1.54, 1.807) is 42.5 Å². The van der Waals surface area contributed by atoms with Gasteiger partial charge in [-0.25, -0.2) is 16.8 Å². The zero-order valence-electron chi connectivity index (χ0n) is 19.4. The number of piperidine rings is 1. The van der Waals surface area contributed by atoms with Crippen molar-refractivity contribution < 1.29 is 21.6 Å². The van der Waals surface area contributed by atoms with Crippen molar-refractivity contribution in [2.24, 2.45) is 0 Å². The second-order valence-electron chi connectivity index (χ2n) is 8.34. The third kappa shape index (κ3) is 5.97. The Morgan fingerprint density at radius 2 is 1.50 bits per heavy atom. The molecule has 11 heteroatoms. The van der Waals surface area contributed by atoms with E-state index >= 15 is 0 Å². The molecule has 0 radical (unpaired) electrons. The third-order valence-electron chi connectivity index (χ3n) is 5.81. The summed E-state index contributed by atoms with van der Waals surface area (Å²) in [4.78, 5) is 13.2. The Morgan fingerprint density at radius 1 is 0.833 bits per heavy atom. The molecule has 0 atom stereocenters. The molecule has 3 aromatic carbocycles. The summed E-state index contributed by atoms with van der Waals surface area (Å²) in [6.45, 7) is 0.534. The van der Waals surface area contributed by atoms with Gasteiger partial charge in [0.05, 0.1) is 15.5 Å². The van der Waals surface area contributed by atoms with Crippen molar-refractivity contribution in [3.05, 3.63) is 83.3 Å². The second-order valence-corrected chi connectivity index (χ2v) is 13.1. The number of nitrogens with zero attached hydrogens (tertiary/aromatic N) is 2. The van der Waals surface area contributed by atoms with Gasteiger partial charge in [0.15, 0.2) is 0 Å². The van der Waals surface area contributed by atoms with Crippen molar-refractivity contribution >= 4 is 53.3 Å². The van der Waals surface area contributed by atoms with Gasteiger partial charge >= 0.3 is 0 Å². The van der Waals surface area contributed by atoms with Crippen molar-refractivity contribution in [3.8, 4) is 0 Å². The highest BCUT2D eigenvalue weighted by Gasteiger charge is 2.28. The molecule has 1 N–H and O–H groups in total. The first kappa shape index (κ1) is 26.3. The van der Waals surface area contributed by atoms with Crippen molar-refractivity contribution in [1.82, 2.24) is 4.31 Å². The van der Waals surface area contributed by atoms with E-state index in [-0.39, 0.29) is 9.79 Å². The van der Waals surface area contributed by atoms with Crippen LogP contribution in [0.4, 0.5) is 11.4 Å². The molecule has 4 rings (SSSR count). The number of rotatable bonds is 8. The molecule has 0 spiro atoms. The number of sulfonamides is 2. The molecule has 1 saturated heterocycles. The Balaban J connectivity index is 1.53. The van der Waals surface area contributed by atoms with Crippen LogP contribution in [0.3, 0.4) is 0 Å². The van der Waals surface area contributed by atoms with E-state index in [0.717, 1.165) is 23.6 Å². The zero-order chi connectivity index (χ0) is 25.8. The van der Waals surface area contributed by atoms with Crippen LogP contribution < -0.4 is 9.62 Å². The predicted octanol–water partition coefficient (Wildman–Crippen LogP) is 4.46. The summed E-state index contributed by atoms with van der Waals surface area (Å²) in [6, 6.07) is 20.5. The maximum atomic E-state index is 13.4. The molecule has 0 aromatic heterocycles. The van der Waals surface area contributed by atoms with E-state index in [1.165, 1.54) is 40.7 Å². The molecule has 36 heavy (non-hydrogen) atoms. The Morgan fingerprint density at radius 3 is 2.14 bits per heavy atom. The maximum Gasteiger partial charge on any atom is 0.264 e. The SMILES string of the molecule is O=C(CN(c1cccc(Br)c1)S(=O)(=O)c1ccccc1)Nc1ccc(S(=O)(=O)N2CCCCC2)cc1. The minimum atomic E-state index is -4.03. The average molecular weight is 593 g/mol. The topological polar surface area (TPSA) is 104 Å². The highest BCUT2D eigenvalue weighted by atomic mass is 79.9. The molecule has 1 amide bonds. The van der Waals surface area contributed by atoms with E-state index in [2.05, 4.69) is 21.2 Å². The highest BCUT2D eigenvalue weighted by Crippen LogP contribution is 2.27. The van der Waals surface area contributed by atoms with Gasteiger partial charge in [-0.05, 0) is 67.4 Å². The number of halogens is 1. The minimum Gasteiger partial charge on any atom is -0.325 e. The summed E-state index contributed by atoms with van der Waals surface area (Å²) in [6.07, 6.45) is 2.70. The summed E-state index contributed by atoms with van der Waals surface area (Å²) >= 11 is 3.35. The Bertz CT molecular complexity index is 1420. The fourth-order valence-corrected chi connectivity index (χ4v) is 7.30. The Hall–Kier alpha value is -2.73. The van der Waals surface area contributed by atoms with Crippen LogP contribution in [0.5, 0.6) is 0 Å². The van der Waals surface area contributed by atoms with E-state index < -0.39 is 32.5 Å². The number of anilines is 2. The van der Waals surface area contributed by atoms with Crippen LogP contribution in [0, 0.1) is 0 Å². The summed E-state index contributed by atoms with van der Waals surface area (Å²) in [5, 5.41) is 2.67. The van der Waals surface area contributed by atoms with E-state index in [1.807, 2.05) is 0 Å². The summed E-state index contributed by atoms with van der Waals surface area (Å²) in [5.41, 5.74) is 0.690. The van der Waals surface area contributed by atoms with E-state index in [0.29, 0.717) is 28.9 Å². The molecular formula is C25H26BrN3O5S2.